The summed E-state index contributed by atoms with van der Waals surface area (Å²) in [6, 6.07) is 14.4. The predicted molar refractivity (Wildman–Crippen MR) is 119 cm³/mol. The number of H-pyrrole nitrogens is 1. The molecule has 5 rings (SSSR count). The number of rotatable bonds is 5. The molecule has 0 saturated carbocycles. The Balaban J connectivity index is 1.40. The van der Waals surface area contributed by atoms with Gasteiger partial charge in [-0.3, -0.25) is 4.79 Å². The SMILES string of the molecule is O=C(C1CCc2nnc(Cl)cc2C1)N(Cc1ccc2[nH]ccc2c1)Cc1cccs1. The first-order valence-corrected chi connectivity index (χ1v) is 11.3. The molecule has 1 aromatic carbocycles. The average Bonchev–Trinajstić information content (AvgIpc) is 3.43. The zero-order valence-electron chi connectivity index (χ0n) is 16.3. The van der Waals surface area contributed by atoms with E-state index in [0.29, 0.717) is 24.7 Å². The molecule has 1 atom stereocenters. The lowest BCUT2D eigenvalue weighted by Gasteiger charge is -2.30. The Bertz CT molecular complexity index is 1190. The predicted octanol–water partition coefficient (Wildman–Crippen LogP) is 5.01. The second kappa shape index (κ2) is 8.20. The summed E-state index contributed by atoms with van der Waals surface area (Å²) in [6.45, 7) is 1.22. The quantitative estimate of drug-likeness (QED) is 0.478. The fourth-order valence-electron chi connectivity index (χ4n) is 4.19. The van der Waals surface area contributed by atoms with Crippen molar-refractivity contribution in [3.05, 3.63) is 80.9 Å². The average molecular weight is 437 g/mol. The zero-order valence-corrected chi connectivity index (χ0v) is 17.9. The van der Waals surface area contributed by atoms with Crippen LogP contribution in [0.5, 0.6) is 0 Å². The zero-order chi connectivity index (χ0) is 20.5. The van der Waals surface area contributed by atoms with Gasteiger partial charge in [-0.2, -0.15) is 5.10 Å². The van der Waals surface area contributed by atoms with E-state index >= 15 is 0 Å². The number of thiophene rings is 1. The normalized spacial score (nSPS) is 15.8. The number of amides is 1. The van der Waals surface area contributed by atoms with E-state index in [1.807, 2.05) is 23.2 Å². The van der Waals surface area contributed by atoms with Crippen LogP contribution in [-0.2, 0) is 30.7 Å². The highest BCUT2D eigenvalue weighted by Crippen LogP contribution is 2.28. The number of benzene rings is 1. The molecule has 1 amide bonds. The number of fused-ring (bicyclic) bond motifs is 2. The standard InChI is InChI=1S/C23H21ClN4OS/c24-22-12-18-11-17(4-6-21(18)26-27-22)23(29)28(14-19-2-1-9-30-19)13-15-3-5-20-16(10-15)7-8-25-20/h1-3,5,7-10,12,17,25H,4,6,11,13-14H2. The maximum absolute atomic E-state index is 13.6. The van der Waals surface area contributed by atoms with Crippen LogP contribution in [0.15, 0.2) is 54.0 Å². The summed E-state index contributed by atoms with van der Waals surface area (Å²) < 4.78 is 0. The summed E-state index contributed by atoms with van der Waals surface area (Å²) in [7, 11) is 0. The number of nitrogens with one attached hydrogen (secondary N) is 1. The Hall–Kier alpha value is -2.70. The van der Waals surface area contributed by atoms with Crippen molar-refractivity contribution < 1.29 is 4.79 Å². The number of aryl methyl sites for hydroxylation is 1. The van der Waals surface area contributed by atoms with Gasteiger partial charge in [0.2, 0.25) is 5.91 Å². The molecule has 0 bridgehead atoms. The Morgan fingerprint density at radius 2 is 2.13 bits per heavy atom. The number of hydrogen-bond donors (Lipinski definition) is 1. The second-order valence-electron chi connectivity index (χ2n) is 7.75. The largest absolute Gasteiger partial charge is 0.361 e. The molecule has 0 radical (unpaired) electrons. The molecule has 0 spiro atoms. The molecule has 0 fully saturated rings. The molecule has 0 saturated heterocycles. The van der Waals surface area contributed by atoms with Crippen molar-refractivity contribution in [1.29, 1.82) is 0 Å². The van der Waals surface area contributed by atoms with Gasteiger partial charge in [-0.1, -0.05) is 23.7 Å². The van der Waals surface area contributed by atoms with E-state index in [1.54, 1.807) is 11.3 Å². The molecule has 152 valence electrons. The van der Waals surface area contributed by atoms with Gasteiger partial charge in [0.05, 0.1) is 12.2 Å². The van der Waals surface area contributed by atoms with Crippen molar-refractivity contribution in [2.45, 2.75) is 32.4 Å². The van der Waals surface area contributed by atoms with Crippen LogP contribution in [-0.4, -0.2) is 26.0 Å². The van der Waals surface area contributed by atoms with Gasteiger partial charge >= 0.3 is 0 Å². The van der Waals surface area contributed by atoms with Crippen molar-refractivity contribution in [1.82, 2.24) is 20.1 Å². The maximum Gasteiger partial charge on any atom is 0.226 e. The molecule has 7 heteroatoms. The molecule has 5 nitrogen and oxygen atoms in total. The molecular formula is C23H21ClN4OS. The van der Waals surface area contributed by atoms with Gasteiger partial charge in [0.25, 0.3) is 0 Å². The minimum atomic E-state index is -0.0614. The Morgan fingerprint density at radius 3 is 3.00 bits per heavy atom. The van der Waals surface area contributed by atoms with E-state index in [0.717, 1.165) is 40.6 Å². The van der Waals surface area contributed by atoms with Crippen LogP contribution in [0.1, 0.15) is 28.1 Å². The summed E-state index contributed by atoms with van der Waals surface area (Å²) in [5.41, 5.74) is 4.25. The van der Waals surface area contributed by atoms with E-state index in [-0.39, 0.29) is 11.8 Å². The summed E-state index contributed by atoms with van der Waals surface area (Å²) in [6.07, 6.45) is 4.16. The summed E-state index contributed by atoms with van der Waals surface area (Å²) in [4.78, 5) is 20.0. The summed E-state index contributed by atoms with van der Waals surface area (Å²) in [5.74, 6) is 0.130. The molecule has 4 aromatic rings. The topological polar surface area (TPSA) is 61.9 Å². The molecule has 30 heavy (non-hydrogen) atoms. The number of carbonyl (C=O) groups excluding carboxylic acids is 1. The first-order valence-electron chi connectivity index (χ1n) is 10.0. The van der Waals surface area contributed by atoms with Crippen LogP contribution in [0, 0.1) is 5.92 Å². The van der Waals surface area contributed by atoms with Gasteiger partial charge in [0.15, 0.2) is 5.15 Å². The van der Waals surface area contributed by atoms with Crippen LogP contribution in [0.3, 0.4) is 0 Å². The van der Waals surface area contributed by atoms with Gasteiger partial charge in [-0.25, -0.2) is 0 Å². The third-order valence-electron chi connectivity index (χ3n) is 5.71. The number of hydrogen-bond acceptors (Lipinski definition) is 4. The van der Waals surface area contributed by atoms with E-state index in [1.165, 1.54) is 4.88 Å². The van der Waals surface area contributed by atoms with E-state index in [4.69, 9.17) is 11.6 Å². The Kier molecular flexibility index (Phi) is 5.27. The fourth-order valence-corrected chi connectivity index (χ4v) is 5.08. The minimum Gasteiger partial charge on any atom is -0.361 e. The third kappa shape index (κ3) is 3.98. The monoisotopic (exact) mass is 436 g/mol. The van der Waals surface area contributed by atoms with Gasteiger partial charge in [-0.05, 0) is 71.5 Å². The highest BCUT2D eigenvalue weighted by molar-refractivity contribution is 7.09. The van der Waals surface area contributed by atoms with Crippen LogP contribution in [0.2, 0.25) is 5.15 Å². The summed E-state index contributed by atoms with van der Waals surface area (Å²) in [5, 5.41) is 11.8. The van der Waals surface area contributed by atoms with Crippen molar-refractivity contribution in [3.8, 4) is 0 Å². The van der Waals surface area contributed by atoms with E-state index < -0.39 is 0 Å². The van der Waals surface area contributed by atoms with Gasteiger partial charge in [0, 0.05) is 29.1 Å². The van der Waals surface area contributed by atoms with Crippen molar-refractivity contribution in [2.75, 3.05) is 0 Å². The molecule has 1 unspecified atom stereocenters. The minimum absolute atomic E-state index is 0.0614. The number of halogens is 1. The second-order valence-corrected chi connectivity index (χ2v) is 9.17. The maximum atomic E-state index is 13.6. The Labute approximate surface area is 183 Å². The van der Waals surface area contributed by atoms with Crippen LogP contribution < -0.4 is 0 Å². The third-order valence-corrected chi connectivity index (χ3v) is 6.75. The summed E-state index contributed by atoms with van der Waals surface area (Å²) >= 11 is 7.72. The van der Waals surface area contributed by atoms with Crippen LogP contribution in [0.4, 0.5) is 0 Å². The lowest BCUT2D eigenvalue weighted by Crippen LogP contribution is -2.37. The number of nitrogens with zero attached hydrogens (tertiary/aromatic N) is 3. The van der Waals surface area contributed by atoms with Crippen molar-refractivity contribution in [3.63, 3.8) is 0 Å². The smallest absolute Gasteiger partial charge is 0.226 e. The highest BCUT2D eigenvalue weighted by atomic mass is 35.5. The molecule has 3 heterocycles. The number of aromatic amines is 1. The lowest BCUT2D eigenvalue weighted by atomic mass is 9.86. The van der Waals surface area contributed by atoms with Gasteiger partial charge < -0.3 is 9.88 Å². The molecule has 1 aliphatic rings. The van der Waals surface area contributed by atoms with Gasteiger partial charge in [0.1, 0.15) is 0 Å². The van der Waals surface area contributed by atoms with Crippen molar-refractivity contribution in [2.24, 2.45) is 5.92 Å². The molecule has 1 aliphatic carbocycles. The molecular weight excluding hydrogens is 416 g/mol. The number of carbonyl (C=O) groups is 1. The number of aromatic nitrogens is 3. The highest BCUT2D eigenvalue weighted by Gasteiger charge is 2.30. The van der Waals surface area contributed by atoms with Crippen LogP contribution in [0.25, 0.3) is 10.9 Å². The first-order chi connectivity index (χ1) is 14.7. The van der Waals surface area contributed by atoms with Crippen molar-refractivity contribution >= 4 is 39.7 Å². The van der Waals surface area contributed by atoms with Crippen LogP contribution >= 0.6 is 22.9 Å². The van der Waals surface area contributed by atoms with Gasteiger partial charge in [-0.15, -0.1) is 16.4 Å². The van der Waals surface area contributed by atoms with E-state index in [9.17, 15) is 4.79 Å². The lowest BCUT2D eigenvalue weighted by molar-refractivity contribution is -0.137. The fraction of sp³-hybridized carbons (Fsp3) is 0.261. The first kappa shape index (κ1) is 19.3. The molecule has 1 N–H and O–H groups in total. The molecule has 3 aromatic heterocycles. The van der Waals surface area contributed by atoms with E-state index in [2.05, 4.69) is 50.9 Å². The molecule has 0 aliphatic heterocycles. The Morgan fingerprint density at radius 1 is 1.20 bits per heavy atom.